The topological polar surface area (TPSA) is 60.2 Å². The van der Waals surface area contributed by atoms with Crippen LogP contribution < -0.4 is 5.32 Å². The van der Waals surface area contributed by atoms with Crippen LogP contribution in [0.25, 0.3) is 0 Å². The minimum atomic E-state index is -0.126. The summed E-state index contributed by atoms with van der Waals surface area (Å²) in [6, 6.07) is 0.511. The normalized spacial score (nSPS) is 13.9. The fourth-order valence-electron chi connectivity index (χ4n) is 1.98. The zero-order chi connectivity index (χ0) is 15.2. The summed E-state index contributed by atoms with van der Waals surface area (Å²) in [4.78, 5) is 4.48. The summed E-state index contributed by atoms with van der Waals surface area (Å²) in [5.41, 5.74) is -0.0453. The van der Waals surface area contributed by atoms with Gasteiger partial charge >= 0.3 is 0 Å². The van der Waals surface area contributed by atoms with Gasteiger partial charge in [0.05, 0.1) is 0 Å². The van der Waals surface area contributed by atoms with Gasteiger partial charge in [-0.2, -0.15) is 4.98 Å². The average molecular weight is 283 g/mol. The lowest BCUT2D eigenvalue weighted by Crippen LogP contribution is -2.24. The van der Waals surface area contributed by atoms with Gasteiger partial charge in [0.25, 0.3) is 0 Å². The van der Waals surface area contributed by atoms with Crippen molar-refractivity contribution in [2.24, 2.45) is 5.41 Å². The van der Waals surface area contributed by atoms with Crippen molar-refractivity contribution in [3.8, 4) is 0 Å². The van der Waals surface area contributed by atoms with Crippen LogP contribution in [0.5, 0.6) is 0 Å². The molecule has 1 N–H and O–H groups in total. The number of nitrogens with one attached hydrogen (secondary N) is 1. The highest BCUT2D eigenvalue weighted by atomic mass is 16.5. The van der Waals surface area contributed by atoms with E-state index in [4.69, 9.17) is 9.26 Å². The summed E-state index contributed by atoms with van der Waals surface area (Å²) in [6.45, 7) is 14.2. The van der Waals surface area contributed by atoms with Gasteiger partial charge in [0.15, 0.2) is 0 Å². The number of aromatic nitrogens is 2. The molecule has 0 saturated heterocycles. The maximum absolute atomic E-state index is 5.77. The number of hydrogen-bond donors (Lipinski definition) is 1. The molecular formula is C15H29N3O2. The van der Waals surface area contributed by atoms with Crippen molar-refractivity contribution in [1.82, 2.24) is 15.5 Å². The van der Waals surface area contributed by atoms with E-state index in [1.807, 2.05) is 6.92 Å². The molecule has 5 nitrogen and oxygen atoms in total. The second-order valence-corrected chi connectivity index (χ2v) is 6.46. The summed E-state index contributed by atoms with van der Waals surface area (Å²) in [6.07, 6.45) is 1.67. The molecule has 5 heteroatoms. The van der Waals surface area contributed by atoms with Crippen LogP contribution in [0.1, 0.15) is 65.8 Å². The molecule has 0 saturated carbocycles. The Kier molecular flexibility index (Phi) is 6.62. The Balaban J connectivity index is 2.56. The largest absolute Gasteiger partial charge is 0.370 e. The summed E-state index contributed by atoms with van der Waals surface area (Å²) in [5.74, 6) is 1.35. The molecule has 0 aliphatic carbocycles. The van der Waals surface area contributed by atoms with Crippen molar-refractivity contribution in [2.45, 2.75) is 66.5 Å². The van der Waals surface area contributed by atoms with E-state index < -0.39 is 0 Å². The molecule has 116 valence electrons. The zero-order valence-corrected chi connectivity index (χ0v) is 13.7. The van der Waals surface area contributed by atoms with Crippen molar-refractivity contribution in [2.75, 3.05) is 13.2 Å². The fraction of sp³-hybridized carbons (Fsp3) is 0.867. The van der Waals surface area contributed by atoms with Crippen molar-refractivity contribution in [1.29, 1.82) is 0 Å². The lowest BCUT2D eigenvalue weighted by molar-refractivity contribution is -0.0203. The maximum atomic E-state index is 5.77. The molecule has 0 amide bonds. The standard InChI is InChI=1S/C15H29N3O2/c1-7-19-13(15(4,5)6)14-17-12(20-18-14)9-8-10-16-11(2)3/h11,13,16H,7-10H2,1-6H3. The van der Waals surface area contributed by atoms with Crippen LogP contribution in [-0.2, 0) is 11.2 Å². The van der Waals surface area contributed by atoms with E-state index in [2.05, 4.69) is 50.1 Å². The van der Waals surface area contributed by atoms with Crippen molar-refractivity contribution >= 4 is 0 Å². The Labute approximate surface area is 122 Å². The van der Waals surface area contributed by atoms with Crippen molar-refractivity contribution < 1.29 is 9.26 Å². The Morgan fingerprint density at radius 2 is 2.00 bits per heavy atom. The minimum absolute atomic E-state index is 0.0453. The van der Waals surface area contributed by atoms with Crippen LogP contribution in [0.2, 0.25) is 0 Å². The fourth-order valence-corrected chi connectivity index (χ4v) is 1.98. The lowest BCUT2D eigenvalue weighted by Gasteiger charge is -2.27. The Morgan fingerprint density at radius 1 is 1.30 bits per heavy atom. The Bertz CT molecular complexity index is 383. The molecule has 0 aromatic carbocycles. The molecule has 0 radical (unpaired) electrons. The van der Waals surface area contributed by atoms with Gasteiger partial charge in [-0.05, 0) is 25.3 Å². The summed E-state index contributed by atoms with van der Waals surface area (Å²) in [5, 5.41) is 7.46. The number of rotatable bonds is 8. The van der Waals surface area contributed by atoms with E-state index in [1.54, 1.807) is 0 Å². The summed E-state index contributed by atoms with van der Waals surface area (Å²) >= 11 is 0. The third-order valence-corrected chi connectivity index (χ3v) is 2.96. The third kappa shape index (κ3) is 5.59. The van der Waals surface area contributed by atoms with Crippen LogP contribution in [0, 0.1) is 5.41 Å². The molecule has 1 unspecified atom stereocenters. The molecular weight excluding hydrogens is 254 g/mol. The van der Waals surface area contributed by atoms with Gasteiger partial charge in [-0.15, -0.1) is 0 Å². The number of aryl methyl sites for hydroxylation is 1. The molecule has 0 aliphatic heterocycles. The Hall–Kier alpha value is -0.940. The highest BCUT2D eigenvalue weighted by Crippen LogP contribution is 2.34. The zero-order valence-electron chi connectivity index (χ0n) is 13.7. The van der Waals surface area contributed by atoms with Crippen LogP contribution in [-0.4, -0.2) is 29.3 Å². The van der Waals surface area contributed by atoms with Gasteiger partial charge in [0.2, 0.25) is 11.7 Å². The summed E-state index contributed by atoms with van der Waals surface area (Å²) in [7, 11) is 0. The van der Waals surface area contributed by atoms with Gasteiger partial charge < -0.3 is 14.6 Å². The van der Waals surface area contributed by atoms with Crippen LogP contribution in [0.4, 0.5) is 0 Å². The molecule has 1 aromatic heterocycles. The first-order chi connectivity index (χ1) is 9.34. The monoisotopic (exact) mass is 283 g/mol. The molecule has 1 aromatic rings. The number of nitrogens with zero attached hydrogens (tertiary/aromatic N) is 2. The molecule has 0 spiro atoms. The van der Waals surface area contributed by atoms with Crippen LogP contribution in [0.3, 0.4) is 0 Å². The molecule has 20 heavy (non-hydrogen) atoms. The first-order valence-electron chi connectivity index (χ1n) is 7.52. The number of hydrogen-bond acceptors (Lipinski definition) is 5. The van der Waals surface area contributed by atoms with E-state index in [0.29, 0.717) is 24.4 Å². The predicted octanol–water partition coefficient (Wildman–Crippen LogP) is 3.12. The molecule has 0 bridgehead atoms. The van der Waals surface area contributed by atoms with Gasteiger partial charge in [-0.25, -0.2) is 0 Å². The van der Waals surface area contributed by atoms with Gasteiger partial charge in [-0.1, -0.05) is 39.8 Å². The van der Waals surface area contributed by atoms with E-state index in [1.165, 1.54) is 0 Å². The Morgan fingerprint density at radius 3 is 2.55 bits per heavy atom. The molecule has 0 fully saturated rings. The molecule has 1 rings (SSSR count). The molecule has 0 aliphatic rings. The van der Waals surface area contributed by atoms with E-state index in [-0.39, 0.29) is 11.5 Å². The second kappa shape index (κ2) is 7.74. The average Bonchev–Trinajstić information content (AvgIpc) is 2.78. The maximum Gasteiger partial charge on any atom is 0.226 e. The minimum Gasteiger partial charge on any atom is -0.370 e. The number of ether oxygens (including phenoxy) is 1. The van der Waals surface area contributed by atoms with E-state index in [0.717, 1.165) is 19.4 Å². The van der Waals surface area contributed by atoms with Crippen molar-refractivity contribution in [3.63, 3.8) is 0 Å². The van der Waals surface area contributed by atoms with Gasteiger partial charge in [-0.3, -0.25) is 0 Å². The van der Waals surface area contributed by atoms with Crippen LogP contribution >= 0.6 is 0 Å². The first kappa shape index (κ1) is 17.1. The second-order valence-electron chi connectivity index (χ2n) is 6.46. The SMILES string of the molecule is CCOC(c1noc(CCCNC(C)C)n1)C(C)(C)C. The quantitative estimate of drug-likeness (QED) is 0.743. The van der Waals surface area contributed by atoms with Gasteiger partial charge in [0.1, 0.15) is 6.10 Å². The van der Waals surface area contributed by atoms with Crippen molar-refractivity contribution in [3.05, 3.63) is 11.7 Å². The van der Waals surface area contributed by atoms with Gasteiger partial charge in [0, 0.05) is 19.1 Å². The molecule has 1 atom stereocenters. The highest BCUT2D eigenvalue weighted by Gasteiger charge is 2.31. The first-order valence-corrected chi connectivity index (χ1v) is 7.52. The summed E-state index contributed by atoms with van der Waals surface area (Å²) < 4.78 is 11.1. The molecule has 1 heterocycles. The highest BCUT2D eigenvalue weighted by molar-refractivity contribution is 4.96. The lowest BCUT2D eigenvalue weighted by atomic mass is 9.88. The van der Waals surface area contributed by atoms with E-state index >= 15 is 0 Å². The van der Waals surface area contributed by atoms with E-state index in [9.17, 15) is 0 Å². The third-order valence-electron chi connectivity index (χ3n) is 2.96. The smallest absolute Gasteiger partial charge is 0.226 e. The predicted molar refractivity (Wildman–Crippen MR) is 79.6 cm³/mol. The van der Waals surface area contributed by atoms with Crippen LogP contribution in [0.15, 0.2) is 4.52 Å².